The van der Waals surface area contributed by atoms with E-state index in [1.807, 2.05) is 72.8 Å². The van der Waals surface area contributed by atoms with E-state index in [9.17, 15) is 9.59 Å². The fourth-order valence-corrected chi connectivity index (χ4v) is 3.92. The highest BCUT2D eigenvalue weighted by molar-refractivity contribution is 5.94. The van der Waals surface area contributed by atoms with E-state index in [0.717, 1.165) is 21.9 Å². The van der Waals surface area contributed by atoms with Crippen molar-refractivity contribution in [2.75, 3.05) is 13.7 Å². The highest BCUT2D eigenvalue weighted by Gasteiger charge is 2.19. The average molecular weight is 438 g/mol. The quantitative estimate of drug-likeness (QED) is 0.420. The third kappa shape index (κ3) is 4.14. The van der Waals surface area contributed by atoms with E-state index in [2.05, 4.69) is 15.4 Å². The Kier molecular flexibility index (Phi) is 5.46. The van der Waals surface area contributed by atoms with Crippen LogP contribution in [-0.4, -0.2) is 34.2 Å². The molecule has 0 radical (unpaired) electrons. The first-order valence-electron chi connectivity index (χ1n) is 10.6. The summed E-state index contributed by atoms with van der Waals surface area (Å²) in [6.07, 6.45) is 1.72. The molecular weight excluding hydrogens is 416 g/mol. The summed E-state index contributed by atoms with van der Waals surface area (Å²) in [5, 5.41) is 9.51. The van der Waals surface area contributed by atoms with Crippen molar-refractivity contribution < 1.29 is 9.53 Å². The highest BCUT2D eigenvalue weighted by atomic mass is 16.5. The molecule has 1 atom stereocenters. The molecule has 0 unspecified atom stereocenters. The van der Waals surface area contributed by atoms with Crippen LogP contribution in [0.3, 0.4) is 0 Å². The van der Waals surface area contributed by atoms with Crippen molar-refractivity contribution in [3.05, 3.63) is 107 Å². The molecule has 0 aliphatic heterocycles. The SMILES string of the molecule is COC[C@H](NC(=O)c1cc2c(=O)[nH]c(-c3ccc4ccccc4c3)cn2n1)c1ccccc1. The van der Waals surface area contributed by atoms with Gasteiger partial charge in [0.15, 0.2) is 5.69 Å². The third-order valence-electron chi connectivity index (χ3n) is 5.60. The van der Waals surface area contributed by atoms with Gasteiger partial charge in [-0.1, -0.05) is 66.7 Å². The summed E-state index contributed by atoms with van der Waals surface area (Å²) >= 11 is 0. The lowest BCUT2D eigenvalue weighted by atomic mass is 10.1. The van der Waals surface area contributed by atoms with Crippen LogP contribution in [0.5, 0.6) is 0 Å². The summed E-state index contributed by atoms with van der Waals surface area (Å²) in [5.74, 6) is -0.378. The Morgan fingerprint density at radius 3 is 2.58 bits per heavy atom. The predicted molar refractivity (Wildman–Crippen MR) is 127 cm³/mol. The Morgan fingerprint density at radius 2 is 1.79 bits per heavy atom. The first kappa shape index (κ1) is 20.7. The van der Waals surface area contributed by atoms with Gasteiger partial charge in [0.25, 0.3) is 11.5 Å². The van der Waals surface area contributed by atoms with Crippen LogP contribution in [0.1, 0.15) is 22.1 Å². The number of hydrogen-bond acceptors (Lipinski definition) is 4. The molecule has 7 heteroatoms. The lowest BCUT2D eigenvalue weighted by molar-refractivity contribution is 0.0891. The smallest absolute Gasteiger partial charge is 0.274 e. The molecule has 2 heterocycles. The standard InChI is InChI=1S/C26H22N4O3/c1-33-16-23(18-8-3-2-4-9-18)28-25(31)21-14-24-26(32)27-22(15-30(24)29-21)20-12-11-17-7-5-6-10-19(17)13-20/h2-15,23H,16H2,1H3,(H,27,32)(H,28,31)/t23-/m0/s1. The average Bonchev–Trinajstić information content (AvgIpc) is 3.29. The van der Waals surface area contributed by atoms with E-state index in [4.69, 9.17) is 4.74 Å². The summed E-state index contributed by atoms with van der Waals surface area (Å²) in [6, 6.07) is 24.7. The van der Waals surface area contributed by atoms with Gasteiger partial charge in [0.05, 0.1) is 24.5 Å². The maximum atomic E-state index is 12.9. The molecule has 0 saturated heterocycles. The Labute approximate surface area is 189 Å². The molecule has 2 aromatic heterocycles. The van der Waals surface area contributed by atoms with E-state index in [-0.39, 0.29) is 23.2 Å². The molecule has 0 fully saturated rings. The second-order valence-electron chi connectivity index (χ2n) is 7.81. The minimum Gasteiger partial charge on any atom is -0.382 e. The number of H-pyrrole nitrogens is 1. The lowest BCUT2D eigenvalue weighted by Crippen LogP contribution is -2.31. The second kappa shape index (κ2) is 8.72. The van der Waals surface area contributed by atoms with Gasteiger partial charge >= 0.3 is 0 Å². The Bertz CT molecular complexity index is 1500. The van der Waals surface area contributed by atoms with Crippen molar-refractivity contribution in [3.8, 4) is 11.3 Å². The van der Waals surface area contributed by atoms with Gasteiger partial charge in [-0.25, -0.2) is 4.52 Å². The fraction of sp³-hybridized carbons (Fsp3) is 0.115. The van der Waals surface area contributed by atoms with Crippen LogP contribution in [0.15, 0.2) is 89.9 Å². The zero-order valence-electron chi connectivity index (χ0n) is 18.0. The number of carbonyl (C=O) groups is 1. The fourth-order valence-electron chi connectivity index (χ4n) is 3.92. The molecule has 1 amide bonds. The van der Waals surface area contributed by atoms with Crippen LogP contribution in [0, 0.1) is 0 Å². The zero-order valence-corrected chi connectivity index (χ0v) is 18.0. The van der Waals surface area contributed by atoms with Crippen molar-refractivity contribution >= 4 is 22.2 Å². The van der Waals surface area contributed by atoms with Crippen molar-refractivity contribution in [3.63, 3.8) is 0 Å². The molecule has 0 aliphatic carbocycles. The lowest BCUT2D eigenvalue weighted by Gasteiger charge is -2.17. The van der Waals surface area contributed by atoms with Crippen LogP contribution in [0.2, 0.25) is 0 Å². The number of fused-ring (bicyclic) bond motifs is 2. The van der Waals surface area contributed by atoms with Crippen molar-refractivity contribution in [1.82, 2.24) is 19.9 Å². The van der Waals surface area contributed by atoms with Crippen LogP contribution < -0.4 is 10.9 Å². The molecule has 5 rings (SSSR count). The number of nitrogens with zero attached hydrogens (tertiary/aromatic N) is 2. The van der Waals surface area contributed by atoms with E-state index < -0.39 is 0 Å². The summed E-state index contributed by atoms with van der Waals surface area (Å²) in [4.78, 5) is 28.6. The van der Waals surface area contributed by atoms with Crippen LogP contribution in [0.4, 0.5) is 0 Å². The molecule has 2 N–H and O–H groups in total. The Hall–Kier alpha value is -4.23. The first-order valence-corrected chi connectivity index (χ1v) is 10.6. The number of ether oxygens (including phenoxy) is 1. The first-order chi connectivity index (χ1) is 16.1. The van der Waals surface area contributed by atoms with Gasteiger partial charge in [0.2, 0.25) is 0 Å². The number of amides is 1. The Balaban J connectivity index is 1.47. The molecule has 5 aromatic rings. The Morgan fingerprint density at radius 1 is 1.03 bits per heavy atom. The van der Waals surface area contributed by atoms with Gasteiger partial charge in [-0.15, -0.1) is 0 Å². The van der Waals surface area contributed by atoms with Gasteiger partial charge in [0.1, 0.15) is 5.52 Å². The number of nitrogens with one attached hydrogen (secondary N) is 2. The topological polar surface area (TPSA) is 88.5 Å². The monoisotopic (exact) mass is 438 g/mol. The van der Waals surface area contributed by atoms with Crippen molar-refractivity contribution in [1.29, 1.82) is 0 Å². The molecule has 0 spiro atoms. The van der Waals surface area contributed by atoms with Crippen molar-refractivity contribution in [2.24, 2.45) is 0 Å². The summed E-state index contributed by atoms with van der Waals surface area (Å²) in [5.41, 5.74) is 2.55. The van der Waals surface area contributed by atoms with E-state index in [1.165, 1.54) is 10.6 Å². The summed E-state index contributed by atoms with van der Waals surface area (Å²) in [6.45, 7) is 0.315. The van der Waals surface area contributed by atoms with Crippen molar-refractivity contribution in [2.45, 2.75) is 6.04 Å². The molecule has 33 heavy (non-hydrogen) atoms. The number of aromatic amines is 1. The largest absolute Gasteiger partial charge is 0.382 e. The summed E-state index contributed by atoms with van der Waals surface area (Å²) < 4.78 is 6.72. The van der Waals surface area contributed by atoms with Crippen LogP contribution >= 0.6 is 0 Å². The maximum Gasteiger partial charge on any atom is 0.274 e. The molecule has 3 aromatic carbocycles. The van der Waals surface area contributed by atoms with Gasteiger partial charge < -0.3 is 15.0 Å². The van der Waals surface area contributed by atoms with E-state index in [0.29, 0.717) is 17.8 Å². The number of rotatable bonds is 6. The minimum absolute atomic E-state index is 0.160. The maximum absolute atomic E-state index is 12.9. The van der Waals surface area contributed by atoms with Gasteiger partial charge in [-0.2, -0.15) is 5.10 Å². The van der Waals surface area contributed by atoms with E-state index in [1.54, 1.807) is 13.3 Å². The van der Waals surface area contributed by atoms with Crippen LogP contribution in [0.25, 0.3) is 27.5 Å². The summed E-state index contributed by atoms with van der Waals surface area (Å²) in [7, 11) is 1.58. The number of carbonyl (C=O) groups excluding carboxylic acids is 1. The van der Waals surface area contributed by atoms with Crippen LogP contribution in [-0.2, 0) is 4.74 Å². The van der Waals surface area contributed by atoms with Gasteiger partial charge in [-0.3, -0.25) is 9.59 Å². The van der Waals surface area contributed by atoms with Gasteiger partial charge in [0, 0.05) is 18.7 Å². The zero-order chi connectivity index (χ0) is 22.8. The molecule has 164 valence electrons. The number of hydrogen-bond donors (Lipinski definition) is 2. The van der Waals surface area contributed by atoms with Gasteiger partial charge in [-0.05, 0) is 22.4 Å². The molecule has 0 saturated carbocycles. The minimum atomic E-state index is -0.378. The number of aromatic nitrogens is 3. The van der Waals surface area contributed by atoms with E-state index >= 15 is 0 Å². The molecule has 0 aliphatic rings. The number of methoxy groups -OCH3 is 1. The molecular formula is C26H22N4O3. The molecule has 0 bridgehead atoms. The third-order valence-corrected chi connectivity index (χ3v) is 5.60. The second-order valence-corrected chi connectivity index (χ2v) is 7.81. The highest BCUT2D eigenvalue weighted by Crippen LogP contribution is 2.22. The normalized spacial score (nSPS) is 12.2. The predicted octanol–water partition coefficient (Wildman–Crippen LogP) is 3.96. The number of benzene rings is 3. The molecule has 7 nitrogen and oxygen atoms in total.